The van der Waals surface area contributed by atoms with Crippen LogP contribution in [0, 0.1) is 17.8 Å². The van der Waals surface area contributed by atoms with Gasteiger partial charge in [-0.2, -0.15) is 8.78 Å². The van der Waals surface area contributed by atoms with Crippen molar-refractivity contribution in [3.05, 3.63) is 24.3 Å². The van der Waals surface area contributed by atoms with Crippen molar-refractivity contribution >= 4 is 17.4 Å². The molecule has 124 valence electrons. The third-order valence-electron chi connectivity index (χ3n) is 4.77. The van der Waals surface area contributed by atoms with E-state index in [0.29, 0.717) is 24.3 Å². The molecule has 2 saturated carbocycles. The Kier molecular flexibility index (Phi) is 4.59. The lowest BCUT2D eigenvalue weighted by Gasteiger charge is -2.36. The van der Waals surface area contributed by atoms with Gasteiger partial charge < -0.3 is 10.1 Å². The Balaban J connectivity index is 1.60. The van der Waals surface area contributed by atoms with Crippen molar-refractivity contribution < 1.29 is 23.1 Å². The van der Waals surface area contributed by atoms with E-state index in [1.807, 2.05) is 0 Å². The zero-order valence-corrected chi connectivity index (χ0v) is 12.6. The summed E-state index contributed by atoms with van der Waals surface area (Å²) in [6, 6.07) is 5.84. The van der Waals surface area contributed by atoms with E-state index in [0.717, 1.165) is 19.3 Å². The maximum absolute atomic E-state index is 12.4. The number of nitrogens with one attached hydrogen (secondary N) is 1. The number of hydrogen-bond acceptors (Lipinski definition) is 3. The Morgan fingerprint density at radius 1 is 1.13 bits per heavy atom. The van der Waals surface area contributed by atoms with Crippen LogP contribution in [-0.2, 0) is 9.59 Å². The molecule has 2 atom stereocenters. The predicted molar refractivity (Wildman–Crippen MR) is 80.3 cm³/mol. The normalized spacial score (nSPS) is 26.9. The molecule has 3 rings (SSSR count). The maximum Gasteiger partial charge on any atom is 0.387 e. The highest BCUT2D eigenvalue weighted by atomic mass is 19.3. The van der Waals surface area contributed by atoms with Crippen LogP contribution in [0.2, 0.25) is 0 Å². The number of fused-ring (bicyclic) bond motifs is 2. The van der Waals surface area contributed by atoms with Crippen LogP contribution in [0.1, 0.15) is 32.1 Å². The van der Waals surface area contributed by atoms with Crippen molar-refractivity contribution in [1.29, 1.82) is 0 Å². The second kappa shape index (κ2) is 6.64. The van der Waals surface area contributed by atoms with Crippen LogP contribution in [-0.4, -0.2) is 18.3 Å². The number of Topliss-reactive ketones (excluding diaryl/α,β-unsaturated/α-hetero) is 1. The second-order valence-electron chi connectivity index (χ2n) is 6.29. The molecule has 1 aromatic rings. The van der Waals surface area contributed by atoms with Crippen molar-refractivity contribution in [2.75, 3.05) is 5.32 Å². The average Bonchev–Trinajstić information content (AvgIpc) is 2.48. The zero-order valence-electron chi connectivity index (χ0n) is 12.6. The summed E-state index contributed by atoms with van der Waals surface area (Å²) in [5.41, 5.74) is 0.540. The molecule has 0 spiro atoms. The van der Waals surface area contributed by atoms with Gasteiger partial charge in [-0.3, -0.25) is 9.59 Å². The fourth-order valence-corrected chi connectivity index (χ4v) is 3.66. The minimum Gasteiger partial charge on any atom is -0.435 e. The number of halogens is 2. The summed E-state index contributed by atoms with van der Waals surface area (Å²) < 4.78 is 28.5. The topological polar surface area (TPSA) is 55.4 Å². The van der Waals surface area contributed by atoms with Crippen molar-refractivity contribution in [3.63, 3.8) is 0 Å². The monoisotopic (exact) mass is 323 g/mol. The molecular weight excluding hydrogens is 304 g/mol. The summed E-state index contributed by atoms with van der Waals surface area (Å²) in [7, 11) is 0. The molecule has 4 nitrogen and oxygen atoms in total. The molecule has 1 aromatic carbocycles. The summed E-state index contributed by atoms with van der Waals surface area (Å²) in [5.74, 6) is 0.182. The highest BCUT2D eigenvalue weighted by Gasteiger charge is 2.41. The molecule has 23 heavy (non-hydrogen) atoms. The van der Waals surface area contributed by atoms with Gasteiger partial charge in [0.05, 0.1) is 0 Å². The number of alkyl halides is 2. The molecule has 1 N–H and O–H groups in total. The van der Waals surface area contributed by atoms with Gasteiger partial charge in [0.15, 0.2) is 0 Å². The van der Waals surface area contributed by atoms with E-state index in [-0.39, 0.29) is 29.4 Å². The van der Waals surface area contributed by atoms with Gasteiger partial charge in [0.1, 0.15) is 11.5 Å². The Labute approximate surface area is 133 Å². The molecule has 0 heterocycles. The van der Waals surface area contributed by atoms with Crippen LogP contribution < -0.4 is 10.1 Å². The lowest BCUT2D eigenvalue weighted by atomic mass is 9.67. The minimum absolute atomic E-state index is 0.0278. The first-order valence-electron chi connectivity index (χ1n) is 7.92. The highest BCUT2D eigenvalue weighted by molar-refractivity contribution is 5.95. The molecule has 0 aromatic heterocycles. The molecule has 0 aliphatic heterocycles. The van der Waals surface area contributed by atoms with E-state index < -0.39 is 6.61 Å². The lowest BCUT2D eigenvalue weighted by Crippen LogP contribution is -2.40. The Morgan fingerprint density at radius 3 is 2.30 bits per heavy atom. The number of amides is 1. The van der Waals surface area contributed by atoms with Gasteiger partial charge in [-0.15, -0.1) is 0 Å². The number of anilines is 1. The van der Waals surface area contributed by atoms with Crippen LogP contribution in [0.15, 0.2) is 24.3 Å². The molecule has 2 fully saturated rings. The van der Waals surface area contributed by atoms with E-state index in [1.54, 1.807) is 0 Å². The SMILES string of the molecule is O=C(Nc1ccc(OC(F)F)cc1)C1C[C@H]2CCC[C@H](C1)C2=O. The molecule has 6 heteroatoms. The average molecular weight is 323 g/mol. The first-order chi connectivity index (χ1) is 11.0. The van der Waals surface area contributed by atoms with Crippen molar-refractivity contribution in [2.24, 2.45) is 17.8 Å². The number of ketones is 1. The van der Waals surface area contributed by atoms with E-state index in [1.165, 1.54) is 24.3 Å². The number of hydrogen-bond donors (Lipinski definition) is 1. The molecule has 0 unspecified atom stereocenters. The van der Waals surface area contributed by atoms with Crippen LogP contribution >= 0.6 is 0 Å². The Morgan fingerprint density at radius 2 is 1.74 bits per heavy atom. The van der Waals surface area contributed by atoms with Gasteiger partial charge in [0, 0.05) is 23.4 Å². The molecule has 2 aliphatic rings. The van der Waals surface area contributed by atoms with Crippen LogP contribution in [0.3, 0.4) is 0 Å². The molecular formula is C17H19F2NO3. The predicted octanol–water partition coefficient (Wildman–Crippen LogP) is 3.62. The molecule has 0 radical (unpaired) electrons. The summed E-state index contributed by atoms with van der Waals surface area (Å²) in [6.45, 7) is -2.87. The summed E-state index contributed by atoms with van der Waals surface area (Å²) >= 11 is 0. The molecule has 2 aliphatic carbocycles. The third kappa shape index (κ3) is 3.68. The van der Waals surface area contributed by atoms with Gasteiger partial charge in [-0.1, -0.05) is 6.42 Å². The zero-order chi connectivity index (χ0) is 16.4. The van der Waals surface area contributed by atoms with E-state index >= 15 is 0 Å². The standard InChI is InChI=1S/C17H19F2NO3/c18-17(19)23-14-6-4-13(5-7-14)20-16(22)12-8-10-2-1-3-11(9-12)15(10)21/h4-7,10-12,17H,1-3,8-9H2,(H,20,22)/t10-,11-/m1/s1. The van der Waals surface area contributed by atoms with Gasteiger partial charge >= 0.3 is 6.61 Å². The highest BCUT2D eigenvalue weighted by Crippen LogP contribution is 2.40. The van der Waals surface area contributed by atoms with Gasteiger partial charge in [0.2, 0.25) is 5.91 Å². The third-order valence-corrected chi connectivity index (χ3v) is 4.77. The summed E-state index contributed by atoms with van der Waals surface area (Å²) in [6.07, 6.45) is 4.08. The second-order valence-corrected chi connectivity index (χ2v) is 6.29. The largest absolute Gasteiger partial charge is 0.435 e. The quantitative estimate of drug-likeness (QED) is 0.921. The molecule has 0 saturated heterocycles. The van der Waals surface area contributed by atoms with Gasteiger partial charge in [-0.25, -0.2) is 0 Å². The first kappa shape index (κ1) is 15.9. The Bertz CT molecular complexity index is 572. The number of carbonyl (C=O) groups is 2. The number of ether oxygens (including phenoxy) is 1. The molecule has 2 bridgehead atoms. The first-order valence-corrected chi connectivity index (χ1v) is 7.92. The van der Waals surface area contributed by atoms with Crippen LogP contribution in [0.25, 0.3) is 0 Å². The minimum atomic E-state index is -2.87. The number of benzene rings is 1. The van der Waals surface area contributed by atoms with Crippen LogP contribution in [0.4, 0.5) is 14.5 Å². The number of rotatable bonds is 4. The number of carbonyl (C=O) groups excluding carboxylic acids is 2. The van der Waals surface area contributed by atoms with Gasteiger partial charge in [0.25, 0.3) is 0 Å². The van der Waals surface area contributed by atoms with Crippen molar-refractivity contribution in [3.8, 4) is 5.75 Å². The van der Waals surface area contributed by atoms with E-state index in [2.05, 4.69) is 10.1 Å². The van der Waals surface area contributed by atoms with E-state index in [4.69, 9.17) is 0 Å². The fraction of sp³-hybridized carbons (Fsp3) is 0.529. The van der Waals surface area contributed by atoms with E-state index in [9.17, 15) is 18.4 Å². The summed E-state index contributed by atoms with van der Waals surface area (Å²) in [4.78, 5) is 24.4. The molecule has 1 amide bonds. The van der Waals surface area contributed by atoms with Gasteiger partial charge in [-0.05, 0) is 49.9 Å². The lowest BCUT2D eigenvalue weighted by molar-refractivity contribution is -0.136. The van der Waals surface area contributed by atoms with Crippen molar-refractivity contribution in [1.82, 2.24) is 0 Å². The van der Waals surface area contributed by atoms with Crippen LogP contribution in [0.5, 0.6) is 5.75 Å². The maximum atomic E-state index is 12.4. The smallest absolute Gasteiger partial charge is 0.387 e. The van der Waals surface area contributed by atoms with Crippen molar-refractivity contribution in [2.45, 2.75) is 38.7 Å². The fourth-order valence-electron chi connectivity index (χ4n) is 3.66. The Hall–Kier alpha value is -1.98. The summed E-state index contributed by atoms with van der Waals surface area (Å²) in [5, 5.41) is 2.80.